The molecule has 2 rings (SSSR count). The van der Waals surface area contributed by atoms with E-state index >= 15 is 0 Å². The van der Waals surface area contributed by atoms with Gasteiger partial charge >= 0.3 is 5.97 Å². The molecular weight excluding hydrogens is 216 g/mol. The number of likely N-dealkylation sites (N-methyl/N-ethyl adjacent to an activating group) is 1. The van der Waals surface area contributed by atoms with E-state index in [4.69, 9.17) is 5.11 Å². The fourth-order valence-corrected chi connectivity index (χ4v) is 2.28. The number of nitrogens with one attached hydrogen (secondary N) is 1. The van der Waals surface area contributed by atoms with E-state index in [2.05, 4.69) is 31.0 Å². The summed E-state index contributed by atoms with van der Waals surface area (Å²) in [6.45, 7) is 8.12. The molecule has 0 aromatic heterocycles. The van der Waals surface area contributed by atoms with E-state index in [9.17, 15) is 4.79 Å². The normalized spacial score (nSPS) is 17.2. The largest absolute Gasteiger partial charge is 0.478 e. The summed E-state index contributed by atoms with van der Waals surface area (Å²) in [5, 5.41) is 12.4. The second-order valence-corrected chi connectivity index (χ2v) is 5.06. The Balaban J connectivity index is 2.46. The van der Waals surface area contributed by atoms with Crippen molar-refractivity contribution in [3.05, 3.63) is 23.8 Å². The Morgan fingerprint density at radius 1 is 1.53 bits per heavy atom. The number of rotatable bonds is 2. The highest BCUT2D eigenvalue weighted by molar-refractivity contribution is 5.91. The fraction of sp³-hybridized carbons (Fsp3) is 0.462. The molecule has 0 saturated carbocycles. The van der Waals surface area contributed by atoms with Crippen molar-refractivity contribution in [3.63, 3.8) is 0 Å². The van der Waals surface area contributed by atoms with Gasteiger partial charge in [-0.25, -0.2) is 4.79 Å². The molecule has 1 aliphatic rings. The first kappa shape index (κ1) is 11.8. The number of carbonyl (C=O) groups is 1. The van der Waals surface area contributed by atoms with Crippen LogP contribution in [-0.2, 0) is 0 Å². The quantitative estimate of drug-likeness (QED) is 0.825. The number of anilines is 2. The Kier molecular flexibility index (Phi) is 2.73. The smallest absolute Gasteiger partial charge is 0.335 e. The lowest BCUT2D eigenvalue weighted by molar-refractivity contribution is 0.0697. The zero-order chi connectivity index (χ0) is 12.6. The molecule has 1 heterocycles. The number of fused-ring (bicyclic) bond motifs is 1. The molecule has 0 unspecified atom stereocenters. The SMILES string of the molecule is CCN1CC(C)(C)Nc2ccc(C(=O)O)cc21. The summed E-state index contributed by atoms with van der Waals surface area (Å²) in [5.74, 6) is -0.881. The van der Waals surface area contributed by atoms with Crippen LogP contribution in [0.5, 0.6) is 0 Å². The van der Waals surface area contributed by atoms with E-state index < -0.39 is 5.97 Å². The molecule has 0 fully saturated rings. The van der Waals surface area contributed by atoms with Gasteiger partial charge in [-0.1, -0.05) is 0 Å². The van der Waals surface area contributed by atoms with Gasteiger partial charge in [-0.2, -0.15) is 0 Å². The van der Waals surface area contributed by atoms with Crippen LogP contribution in [0.4, 0.5) is 11.4 Å². The fourth-order valence-electron chi connectivity index (χ4n) is 2.28. The van der Waals surface area contributed by atoms with Crippen LogP contribution in [0, 0.1) is 0 Å². The molecule has 4 nitrogen and oxygen atoms in total. The summed E-state index contributed by atoms with van der Waals surface area (Å²) in [6.07, 6.45) is 0. The van der Waals surface area contributed by atoms with Gasteiger partial charge in [0.2, 0.25) is 0 Å². The Bertz CT molecular complexity index is 455. The molecule has 0 bridgehead atoms. The number of hydrogen-bond acceptors (Lipinski definition) is 3. The molecule has 92 valence electrons. The number of nitrogens with zero attached hydrogens (tertiary/aromatic N) is 1. The molecule has 2 N–H and O–H groups in total. The molecular formula is C13H18N2O2. The maximum Gasteiger partial charge on any atom is 0.335 e. The van der Waals surface area contributed by atoms with Crippen LogP contribution in [-0.4, -0.2) is 29.7 Å². The average molecular weight is 234 g/mol. The van der Waals surface area contributed by atoms with Crippen LogP contribution in [0.3, 0.4) is 0 Å². The minimum atomic E-state index is -0.881. The van der Waals surface area contributed by atoms with Gasteiger partial charge < -0.3 is 15.3 Å². The van der Waals surface area contributed by atoms with Crippen molar-refractivity contribution in [2.24, 2.45) is 0 Å². The minimum absolute atomic E-state index is 0.00769. The average Bonchev–Trinajstić information content (AvgIpc) is 2.26. The molecule has 0 spiro atoms. The van der Waals surface area contributed by atoms with Crippen molar-refractivity contribution in [1.29, 1.82) is 0 Å². The maximum absolute atomic E-state index is 11.0. The number of benzene rings is 1. The van der Waals surface area contributed by atoms with Crippen LogP contribution in [0.25, 0.3) is 0 Å². The van der Waals surface area contributed by atoms with Gasteiger partial charge in [-0.15, -0.1) is 0 Å². The van der Waals surface area contributed by atoms with Crippen molar-refractivity contribution >= 4 is 17.3 Å². The summed E-state index contributed by atoms with van der Waals surface area (Å²) in [6, 6.07) is 5.23. The third kappa shape index (κ3) is 2.20. The van der Waals surface area contributed by atoms with Gasteiger partial charge in [0.25, 0.3) is 0 Å². The van der Waals surface area contributed by atoms with Crippen LogP contribution >= 0.6 is 0 Å². The summed E-state index contributed by atoms with van der Waals surface area (Å²) in [7, 11) is 0. The highest BCUT2D eigenvalue weighted by atomic mass is 16.4. The predicted molar refractivity (Wildman–Crippen MR) is 69.0 cm³/mol. The molecule has 0 saturated heterocycles. The third-order valence-electron chi connectivity index (χ3n) is 3.03. The van der Waals surface area contributed by atoms with Crippen LogP contribution in [0.2, 0.25) is 0 Å². The van der Waals surface area contributed by atoms with Gasteiger partial charge in [0.05, 0.1) is 16.9 Å². The van der Waals surface area contributed by atoms with Crippen LogP contribution in [0.1, 0.15) is 31.1 Å². The van der Waals surface area contributed by atoms with E-state index in [1.165, 1.54) is 0 Å². The zero-order valence-corrected chi connectivity index (χ0v) is 10.4. The first-order chi connectivity index (χ1) is 7.93. The molecule has 1 aliphatic heterocycles. The summed E-state index contributed by atoms with van der Waals surface area (Å²) in [5.41, 5.74) is 2.33. The van der Waals surface area contributed by atoms with Crippen molar-refractivity contribution in [2.45, 2.75) is 26.3 Å². The van der Waals surface area contributed by atoms with Gasteiger partial charge in [0.15, 0.2) is 0 Å². The summed E-state index contributed by atoms with van der Waals surface area (Å²) >= 11 is 0. The van der Waals surface area contributed by atoms with Gasteiger partial charge in [0, 0.05) is 18.6 Å². The second-order valence-electron chi connectivity index (χ2n) is 5.06. The molecule has 1 aromatic carbocycles. The lowest BCUT2D eigenvalue weighted by Gasteiger charge is -2.41. The Hall–Kier alpha value is -1.71. The lowest BCUT2D eigenvalue weighted by Crippen LogP contribution is -2.48. The Morgan fingerprint density at radius 3 is 2.82 bits per heavy atom. The van der Waals surface area contributed by atoms with E-state index in [1.54, 1.807) is 12.1 Å². The molecule has 0 radical (unpaired) electrons. The molecule has 0 amide bonds. The number of carboxylic acids is 1. The number of hydrogen-bond donors (Lipinski definition) is 2. The van der Waals surface area contributed by atoms with E-state index in [0.717, 1.165) is 24.5 Å². The number of aromatic carboxylic acids is 1. The summed E-state index contributed by atoms with van der Waals surface area (Å²) in [4.78, 5) is 13.2. The van der Waals surface area contributed by atoms with Crippen molar-refractivity contribution < 1.29 is 9.90 Å². The molecule has 17 heavy (non-hydrogen) atoms. The van der Waals surface area contributed by atoms with E-state index in [1.807, 2.05) is 6.07 Å². The number of carboxylic acid groups (broad SMARTS) is 1. The third-order valence-corrected chi connectivity index (χ3v) is 3.03. The molecule has 4 heteroatoms. The topological polar surface area (TPSA) is 52.6 Å². The Morgan fingerprint density at radius 2 is 2.24 bits per heavy atom. The highest BCUT2D eigenvalue weighted by Crippen LogP contribution is 2.34. The first-order valence-corrected chi connectivity index (χ1v) is 5.83. The monoisotopic (exact) mass is 234 g/mol. The van der Waals surface area contributed by atoms with E-state index in [-0.39, 0.29) is 5.54 Å². The minimum Gasteiger partial charge on any atom is -0.478 e. The van der Waals surface area contributed by atoms with E-state index in [0.29, 0.717) is 5.56 Å². The van der Waals surface area contributed by atoms with Gasteiger partial charge in [0.1, 0.15) is 0 Å². The first-order valence-electron chi connectivity index (χ1n) is 5.83. The molecule has 1 aromatic rings. The van der Waals surface area contributed by atoms with Crippen molar-refractivity contribution in [3.8, 4) is 0 Å². The van der Waals surface area contributed by atoms with Crippen molar-refractivity contribution in [1.82, 2.24) is 0 Å². The standard InChI is InChI=1S/C13H18N2O2/c1-4-15-8-13(2,3)14-10-6-5-9(12(16)17)7-11(10)15/h5-7,14H,4,8H2,1-3H3,(H,16,17). The van der Waals surface area contributed by atoms with Crippen molar-refractivity contribution in [2.75, 3.05) is 23.3 Å². The maximum atomic E-state index is 11.0. The molecule has 0 atom stereocenters. The second kappa shape index (κ2) is 3.95. The summed E-state index contributed by atoms with van der Waals surface area (Å²) < 4.78 is 0. The van der Waals surface area contributed by atoms with Crippen LogP contribution in [0.15, 0.2) is 18.2 Å². The molecule has 0 aliphatic carbocycles. The van der Waals surface area contributed by atoms with Gasteiger partial charge in [-0.05, 0) is 39.0 Å². The highest BCUT2D eigenvalue weighted by Gasteiger charge is 2.29. The zero-order valence-electron chi connectivity index (χ0n) is 10.4. The Labute approximate surface area is 101 Å². The lowest BCUT2D eigenvalue weighted by atomic mass is 9.98. The predicted octanol–water partition coefficient (Wildman–Crippen LogP) is 2.42. The van der Waals surface area contributed by atoms with Gasteiger partial charge in [-0.3, -0.25) is 0 Å². The van der Waals surface area contributed by atoms with Crippen LogP contribution < -0.4 is 10.2 Å².